The molecule has 0 aliphatic carbocycles. The number of carbonyl (C=O) groups is 1. The number of amides is 2. The fraction of sp³-hybridized carbons (Fsp3) is 0.450. The summed E-state index contributed by atoms with van der Waals surface area (Å²) in [6.45, 7) is 3.88. The Hall–Kier alpha value is -2.09. The monoisotopic (exact) mass is 436 g/mol. The molecule has 1 unspecified atom stereocenters. The molecule has 29 heavy (non-hydrogen) atoms. The van der Waals surface area contributed by atoms with Crippen molar-refractivity contribution >= 4 is 35.2 Å². The topological polar surface area (TPSA) is 87.4 Å². The van der Waals surface area contributed by atoms with Crippen LogP contribution in [0.2, 0.25) is 10.0 Å². The largest absolute Gasteiger partial charge is 0.368 e. The van der Waals surface area contributed by atoms with Crippen molar-refractivity contribution in [3.05, 3.63) is 40.1 Å². The number of nitrogens with zero attached hydrogens (tertiary/aromatic N) is 4. The molecule has 7 nitrogen and oxygen atoms in total. The van der Waals surface area contributed by atoms with Crippen LogP contribution in [0.4, 0.5) is 10.7 Å². The van der Waals surface area contributed by atoms with Gasteiger partial charge in [-0.2, -0.15) is 0 Å². The lowest BCUT2D eigenvalue weighted by molar-refractivity contribution is 0.146. The van der Waals surface area contributed by atoms with Crippen LogP contribution in [0.1, 0.15) is 31.4 Å². The molecule has 2 heterocycles. The quantitative estimate of drug-likeness (QED) is 0.759. The van der Waals surface area contributed by atoms with Crippen LogP contribution in [-0.2, 0) is 0 Å². The van der Waals surface area contributed by atoms with Crippen LogP contribution < -0.4 is 11.1 Å². The van der Waals surface area contributed by atoms with Gasteiger partial charge in [-0.1, -0.05) is 35.3 Å². The second-order valence-corrected chi connectivity index (χ2v) is 8.23. The van der Waals surface area contributed by atoms with Crippen molar-refractivity contribution in [2.75, 3.05) is 32.9 Å². The number of halogens is 2. The van der Waals surface area contributed by atoms with Gasteiger partial charge in [0.05, 0.1) is 16.1 Å². The molecule has 1 atom stereocenters. The first-order chi connectivity index (χ1) is 13.8. The van der Waals surface area contributed by atoms with E-state index in [9.17, 15) is 4.79 Å². The molecular formula is C20H26Cl2N6O. The predicted molar refractivity (Wildman–Crippen MR) is 117 cm³/mol. The van der Waals surface area contributed by atoms with Crippen molar-refractivity contribution in [2.45, 2.75) is 31.8 Å². The molecule has 1 aromatic carbocycles. The lowest BCUT2D eigenvalue weighted by Gasteiger charge is -2.35. The van der Waals surface area contributed by atoms with Crippen molar-refractivity contribution in [1.29, 1.82) is 0 Å². The van der Waals surface area contributed by atoms with Crippen molar-refractivity contribution in [3.63, 3.8) is 0 Å². The van der Waals surface area contributed by atoms with Gasteiger partial charge < -0.3 is 20.9 Å². The van der Waals surface area contributed by atoms with Crippen LogP contribution in [0.25, 0.3) is 11.1 Å². The Morgan fingerprint density at radius 3 is 2.48 bits per heavy atom. The highest BCUT2D eigenvalue weighted by Crippen LogP contribution is 2.37. The second-order valence-electron chi connectivity index (χ2n) is 7.48. The van der Waals surface area contributed by atoms with E-state index in [1.807, 2.05) is 26.1 Å². The van der Waals surface area contributed by atoms with Gasteiger partial charge in [0.2, 0.25) is 5.95 Å². The molecule has 1 aromatic heterocycles. The van der Waals surface area contributed by atoms with E-state index >= 15 is 0 Å². The number of urea groups is 1. The summed E-state index contributed by atoms with van der Waals surface area (Å²) in [5.74, 6) is 0.192. The smallest absolute Gasteiger partial charge is 0.317 e. The number of aromatic nitrogens is 2. The molecule has 2 amide bonds. The molecule has 1 fully saturated rings. The Morgan fingerprint density at radius 2 is 1.86 bits per heavy atom. The lowest BCUT2D eigenvalue weighted by Crippen LogP contribution is -2.48. The lowest BCUT2D eigenvalue weighted by atomic mass is 10.0. The van der Waals surface area contributed by atoms with E-state index in [-0.39, 0.29) is 24.1 Å². The van der Waals surface area contributed by atoms with E-state index in [4.69, 9.17) is 28.9 Å². The molecular weight excluding hydrogens is 411 g/mol. The molecule has 0 bridgehead atoms. The molecule has 0 radical (unpaired) electrons. The van der Waals surface area contributed by atoms with Crippen LogP contribution >= 0.6 is 23.2 Å². The Bertz CT molecular complexity index is 868. The number of benzene rings is 1. The van der Waals surface area contributed by atoms with Crippen LogP contribution in [0, 0.1) is 0 Å². The van der Waals surface area contributed by atoms with Crippen LogP contribution in [-0.4, -0.2) is 59.0 Å². The minimum atomic E-state index is -0.294. The number of rotatable bonds is 4. The number of carbonyl (C=O) groups excluding carboxylic acids is 1. The van der Waals surface area contributed by atoms with Gasteiger partial charge in [-0.3, -0.25) is 0 Å². The molecule has 1 aliphatic rings. The average Bonchev–Trinajstić information content (AvgIpc) is 2.70. The first-order valence-electron chi connectivity index (χ1n) is 9.55. The number of likely N-dealkylation sites (tertiary alicyclic amines) is 1. The van der Waals surface area contributed by atoms with Crippen molar-refractivity contribution in [3.8, 4) is 11.1 Å². The highest BCUT2D eigenvalue weighted by atomic mass is 35.5. The second kappa shape index (κ2) is 9.15. The third-order valence-corrected chi connectivity index (χ3v) is 6.35. The van der Waals surface area contributed by atoms with Gasteiger partial charge in [-0.25, -0.2) is 14.8 Å². The van der Waals surface area contributed by atoms with Gasteiger partial charge in [0.25, 0.3) is 0 Å². The molecule has 1 saturated heterocycles. The number of nitrogens with two attached hydrogens (primary N) is 1. The van der Waals surface area contributed by atoms with E-state index in [1.165, 1.54) is 0 Å². The number of piperidine rings is 1. The summed E-state index contributed by atoms with van der Waals surface area (Å²) in [5.41, 5.74) is 7.72. The summed E-state index contributed by atoms with van der Waals surface area (Å²) in [6.07, 6.45) is 5.14. The maximum atomic E-state index is 12.7. The first-order valence-corrected chi connectivity index (χ1v) is 10.3. The van der Waals surface area contributed by atoms with E-state index in [2.05, 4.69) is 27.2 Å². The zero-order valence-electron chi connectivity index (χ0n) is 16.8. The molecule has 2 aromatic rings. The van der Waals surface area contributed by atoms with Crippen LogP contribution in [0.5, 0.6) is 0 Å². The molecule has 9 heteroatoms. The summed E-state index contributed by atoms with van der Waals surface area (Å²) < 4.78 is 0. The predicted octanol–water partition coefficient (Wildman–Crippen LogP) is 3.83. The number of hydrogen-bond acceptors (Lipinski definition) is 5. The minimum Gasteiger partial charge on any atom is -0.368 e. The Kier molecular flexibility index (Phi) is 6.82. The van der Waals surface area contributed by atoms with Gasteiger partial charge in [-0.05, 0) is 45.5 Å². The van der Waals surface area contributed by atoms with E-state index in [0.29, 0.717) is 15.6 Å². The molecule has 0 saturated carbocycles. The van der Waals surface area contributed by atoms with Gasteiger partial charge in [0, 0.05) is 36.6 Å². The molecule has 0 spiro atoms. The maximum absolute atomic E-state index is 12.7. The summed E-state index contributed by atoms with van der Waals surface area (Å²) >= 11 is 13.0. The minimum absolute atomic E-state index is 0.116. The third-order valence-electron chi connectivity index (χ3n) is 5.46. The van der Waals surface area contributed by atoms with Gasteiger partial charge in [0.15, 0.2) is 0 Å². The first kappa shape index (κ1) is 21.6. The Balaban J connectivity index is 1.72. The summed E-state index contributed by atoms with van der Waals surface area (Å²) in [7, 11) is 3.95. The van der Waals surface area contributed by atoms with Gasteiger partial charge in [0.1, 0.15) is 0 Å². The normalized spacial score (nSPS) is 16.4. The van der Waals surface area contributed by atoms with Crippen molar-refractivity contribution in [2.24, 2.45) is 0 Å². The summed E-state index contributed by atoms with van der Waals surface area (Å²) in [5, 5.41) is 3.82. The average molecular weight is 437 g/mol. The number of hydrogen-bond donors (Lipinski definition) is 2. The highest BCUT2D eigenvalue weighted by molar-refractivity contribution is 6.44. The van der Waals surface area contributed by atoms with E-state index in [0.717, 1.165) is 37.1 Å². The SMILES string of the molecule is CC(NC(=O)N(C)C1CCN(C)CC1)c1ccc(-c2cnc(N)nc2)c(Cl)c1Cl. The fourth-order valence-corrected chi connectivity index (χ4v) is 4.12. The van der Waals surface area contributed by atoms with Crippen LogP contribution in [0.3, 0.4) is 0 Å². The Labute approximate surface area is 181 Å². The standard InChI is InChI=1S/C20H26Cl2N6O/c1-12(26-20(29)28(3)14-6-8-27(2)9-7-14)15-4-5-16(18(22)17(15)21)13-10-24-19(23)25-11-13/h4-5,10-12,14H,6-9H2,1-3H3,(H,26,29)(H2,23,24,25). The Morgan fingerprint density at radius 1 is 1.24 bits per heavy atom. The third kappa shape index (κ3) is 4.91. The summed E-state index contributed by atoms with van der Waals surface area (Å²) in [6, 6.07) is 3.54. The van der Waals surface area contributed by atoms with Crippen molar-refractivity contribution in [1.82, 2.24) is 25.1 Å². The van der Waals surface area contributed by atoms with Gasteiger partial charge >= 0.3 is 6.03 Å². The molecule has 3 rings (SSSR count). The highest BCUT2D eigenvalue weighted by Gasteiger charge is 2.25. The molecule has 3 N–H and O–H groups in total. The molecule has 156 valence electrons. The van der Waals surface area contributed by atoms with Crippen molar-refractivity contribution < 1.29 is 4.79 Å². The molecule has 1 aliphatic heterocycles. The van der Waals surface area contributed by atoms with E-state index < -0.39 is 0 Å². The number of nitrogen functional groups attached to an aromatic ring is 1. The zero-order chi connectivity index (χ0) is 21.1. The van der Waals surface area contributed by atoms with E-state index in [1.54, 1.807) is 17.3 Å². The number of nitrogens with one attached hydrogen (secondary N) is 1. The fourth-order valence-electron chi connectivity index (χ4n) is 3.51. The summed E-state index contributed by atoms with van der Waals surface area (Å²) in [4.78, 5) is 24.8. The van der Waals surface area contributed by atoms with Gasteiger partial charge in [-0.15, -0.1) is 0 Å². The zero-order valence-corrected chi connectivity index (χ0v) is 18.3. The maximum Gasteiger partial charge on any atom is 0.317 e. The van der Waals surface area contributed by atoms with Crippen LogP contribution in [0.15, 0.2) is 24.5 Å². The number of anilines is 1.